The van der Waals surface area contributed by atoms with E-state index in [1.165, 1.54) is 19.8 Å². The van der Waals surface area contributed by atoms with Crippen LogP contribution in [0.5, 0.6) is 0 Å². The molecule has 0 N–H and O–H groups in total. The van der Waals surface area contributed by atoms with Crippen molar-refractivity contribution in [3.8, 4) is 0 Å². The standard InChI is InChI=1S/C4F10O4/c5-1(6,3(9,15-11)16-12)2(7,8)4(10,17-13)18-14. The summed E-state index contributed by atoms with van der Waals surface area (Å²) in [5.74, 6) is -13.9. The third-order valence-electron chi connectivity index (χ3n) is 1.54. The molecule has 0 aliphatic rings. The van der Waals surface area contributed by atoms with Gasteiger partial charge in [0.05, 0.1) is 0 Å². The monoisotopic (exact) mass is 302 g/mol. The second-order valence-electron chi connectivity index (χ2n) is 2.53. The van der Waals surface area contributed by atoms with Gasteiger partial charge in [0.1, 0.15) is 0 Å². The van der Waals surface area contributed by atoms with E-state index >= 15 is 0 Å². The Morgan fingerprint density at radius 2 is 0.611 bits per heavy atom. The van der Waals surface area contributed by atoms with E-state index < -0.39 is 23.9 Å². The lowest BCUT2D eigenvalue weighted by atomic mass is 10.1. The van der Waals surface area contributed by atoms with Crippen LogP contribution >= 0.6 is 0 Å². The summed E-state index contributed by atoms with van der Waals surface area (Å²) in [6.07, 6.45) is 0. The highest BCUT2D eigenvalue weighted by Gasteiger charge is 2.85. The van der Waals surface area contributed by atoms with Crippen molar-refractivity contribution in [1.82, 2.24) is 0 Å². The van der Waals surface area contributed by atoms with Crippen molar-refractivity contribution in [3.63, 3.8) is 0 Å². The molecule has 14 heteroatoms. The third-order valence-corrected chi connectivity index (χ3v) is 1.54. The van der Waals surface area contributed by atoms with Gasteiger partial charge in [0.25, 0.3) is 0 Å². The van der Waals surface area contributed by atoms with Crippen LogP contribution in [0, 0.1) is 0 Å². The van der Waals surface area contributed by atoms with Gasteiger partial charge >= 0.3 is 23.9 Å². The van der Waals surface area contributed by atoms with E-state index in [1.54, 1.807) is 0 Å². The first-order chi connectivity index (χ1) is 7.99. The first-order valence-corrected chi connectivity index (χ1v) is 3.32. The van der Waals surface area contributed by atoms with Crippen molar-refractivity contribution in [2.24, 2.45) is 0 Å². The molecule has 0 amide bonds. The number of hydrogen-bond acceptors (Lipinski definition) is 4. The van der Waals surface area contributed by atoms with E-state index in [9.17, 15) is 44.4 Å². The van der Waals surface area contributed by atoms with Gasteiger partial charge in [-0.3, -0.25) is 0 Å². The molecule has 0 bridgehead atoms. The highest BCUT2D eigenvalue weighted by Crippen LogP contribution is 2.53. The largest absolute Gasteiger partial charge is 0.452 e. The number of hydrogen-bond donors (Lipinski definition) is 0. The summed E-state index contributed by atoms with van der Waals surface area (Å²) in [6, 6.07) is -12.5. The minimum Gasteiger partial charge on any atom is -0.189 e. The Labute approximate surface area is 89.5 Å². The van der Waals surface area contributed by atoms with Crippen molar-refractivity contribution in [1.29, 1.82) is 0 Å². The molecule has 18 heavy (non-hydrogen) atoms. The molecule has 0 aliphatic heterocycles. The SMILES string of the molecule is FOC(F)(OF)C(F)(F)C(F)(F)C(F)(OF)OF. The van der Waals surface area contributed by atoms with E-state index in [4.69, 9.17) is 0 Å². The van der Waals surface area contributed by atoms with Crippen LogP contribution in [0.1, 0.15) is 0 Å². The Hall–Kier alpha value is -0.860. The van der Waals surface area contributed by atoms with Gasteiger partial charge in [0.2, 0.25) is 0 Å². The van der Waals surface area contributed by atoms with E-state index in [0.717, 1.165) is 0 Å². The van der Waals surface area contributed by atoms with Gasteiger partial charge in [-0.05, 0) is 18.1 Å². The van der Waals surface area contributed by atoms with Crippen molar-refractivity contribution < 1.29 is 64.2 Å². The smallest absolute Gasteiger partial charge is 0.189 e. The lowest BCUT2D eigenvalue weighted by molar-refractivity contribution is -0.586. The molecule has 0 atom stereocenters. The molecule has 0 spiro atoms. The molecule has 0 aromatic rings. The van der Waals surface area contributed by atoms with Crippen LogP contribution in [-0.2, 0) is 19.8 Å². The number of halogens is 10. The zero-order valence-electron chi connectivity index (χ0n) is 7.41. The summed E-state index contributed by atoms with van der Waals surface area (Å²) in [6.45, 7) is 0. The minimum absolute atomic E-state index is 1.41. The molecule has 0 unspecified atom stereocenters. The molecule has 4 nitrogen and oxygen atoms in total. The van der Waals surface area contributed by atoms with Crippen molar-refractivity contribution in [3.05, 3.63) is 0 Å². The van der Waals surface area contributed by atoms with Gasteiger partial charge in [-0.25, -0.2) is 0 Å². The van der Waals surface area contributed by atoms with E-state index in [1.807, 2.05) is 0 Å². The molecular formula is C4F10O4. The first-order valence-electron chi connectivity index (χ1n) is 3.32. The highest BCUT2D eigenvalue weighted by atomic mass is 19.4. The predicted octanol–water partition coefficient (Wildman–Crippen LogP) is 3.11. The maximum Gasteiger partial charge on any atom is 0.452 e. The molecule has 0 aliphatic carbocycles. The highest BCUT2D eigenvalue weighted by molar-refractivity contribution is 4.96. The van der Waals surface area contributed by atoms with Gasteiger partial charge in [-0.2, -0.15) is 26.3 Å². The van der Waals surface area contributed by atoms with Crippen LogP contribution in [0.2, 0.25) is 0 Å². The molecule has 0 saturated carbocycles. The molecule has 0 rings (SSSR count). The van der Waals surface area contributed by atoms with Crippen molar-refractivity contribution in [2.45, 2.75) is 23.9 Å². The lowest BCUT2D eigenvalue weighted by Crippen LogP contribution is -2.66. The second-order valence-corrected chi connectivity index (χ2v) is 2.53. The average molecular weight is 302 g/mol. The summed E-state index contributed by atoms with van der Waals surface area (Å²) in [5, 5.41) is 0. The molecule has 0 aromatic carbocycles. The Morgan fingerprint density at radius 3 is 0.722 bits per heavy atom. The second kappa shape index (κ2) is 5.02. The maximum absolute atomic E-state index is 12.5. The lowest BCUT2D eigenvalue weighted by Gasteiger charge is -2.34. The zero-order chi connectivity index (χ0) is 14.8. The predicted molar refractivity (Wildman–Crippen MR) is 26.3 cm³/mol. The van der Waals surface area contributed by atoms with E-state index in [-0.39, 0.29) is 0 Å². The molecule has 0 saturated heterocycles. The fourth-order valence-electron chi connectivity index (χ4n) is 0.593. The summed E-state index contributed by atoms with van der Waals surface area (Å²) >= 11 is 0. The van der Waals surface area contributed by atoms with Gasteiger partial charge < -0.3 is 0 Å². The van der Waals surface area contributed by atoms with E-state index in [0.29, 0.717) is 0 Å². The Kier molecular flexibility index (Phi) is 4.78. The van der Waals surface area contributed by atoms with Gasteiger partial charge in [-0.1, -0.05) is 0 Å². The zero-order valence-corrected chi connectivity index (χ0v) is 7.41. The van der Waals surface area contributed by atoms with Crippen LogP contribution in [0.3, 0.4) is 0 Å². The molecule has 0 radical (unpaired) electrons. The molecule has 110 valence electrons. The van der Waals surface area contributed by atoms with Crippen molar-refractivity contribution in [2.75, 3.05) is 0 Å². The summed E-state index contributed by atoms with van der Waals surface area (Å²) in [7, 11) is 0. The fraction of sp³-hybridized carbons (Fsp3) is 1.00. The van der Waals surface area contributed by atoms with Crippen LogP contribution < -0.4 is 0 Å². The van der Waals surface area contributed by atoms with Crippen LogP contribution in [0.15, 0.2) is 0 Å². The number of alkyl halides is 6. The van der Waals surface area contributed by atoms with Gasteiger partial charge in [-0.15, -0.1) is 19.8 Å². The van der Waals surface area contributed by atoms with Crippen LogP contribution in [0.4, 0.5) is 44.4 Å². The molecule has 0 aromatic heterocycles. The summed E-state index contributed by atoms with van der Waals surface area (Å²) < 4.78 is 120. The number of rotatable bonds is 7. The average Bonchev–Trinajstić information content (AvgIpc) is 2.35. The van der Waals surface area contributed by atoms with Gasteiger partial charge in [0.15, 0.2) is 0 Å². The van der Waals surface area contributed by atoms with E-state index in [2.05, 4.69) is 0 Å². The Bertz CT molecular complexity index is 247. The van der Waals surface area contributed by atoms with Crippen LogP contribution in [0.25, 0.3) is 0 Å². The first kappa shape index (κ1) is 17.1. The maximum atomic E-state index is 12.5. The Balaban J connectivity index is 5.71. The molecular weight excluding hydrogens is 302 g/mol. The van der Waals surface area contributed by atoms with Gasteiger partial charge in [0, 0.05) is 0 Å². The third kappa shape index (κ3) is 2.08. The Morgan fingerprint density at radius 1 is 0.444 bits per heavy atom. The summed E-state index contributed by atoms with van der Waals surface area (Å²) in [5.41, 5.74) is 0. The summed E-state index contributed by atoms with van der Waals surface area (Å²) in [4.78, 5) is 5.62. The molecule has 0 fully saturated rings. The van der Waals surface area contributed by atoms with Crippen molar-refractivity contribution >= 4 is 0 Å². The normalized spacial score (nSPS) is 15.0. The quantitative estimate of drug-likeness (QED) is 0.535. The fourth-order valence-corrected chi connectivity index (χ4v) is 0.593. The van der Waals surface area contributed by atoms with Crippen LogP contribution in [-0.4, -0.2) is 23.9 Å². The topological polar surface area (TPSA) is 36.9 Å². The molecule has 0 heterocycles. The minimum atomic E-state index is -6.96.